The molecule has 0 saturated carbocycles. The number of aromatic nitrogens is 2. The van der Waals surface area contributed by atoms with E-state index in [2.05, 4.69) is 9.97 Å². The zero-order valence-electron chi connectivity index (χ0n) is 10.7. The number of hydrogen-bond acceptors (Lipinski definition) is 7. The Hall–Kier alpha value is -1.70. The van der Waals surface area contributed by atoms with Crippen LogP contribution >= 0.6 is 0 Å². The van der Waals surface area contributed by atoms with Gasteiger partial charge in [0.2, 0.25) is 0 Å². The zero-order chi connectivity index (χ0) is 14.0. The lowest BCUT2D eigenvalue weighted by Crippen LogP contribution is -2.37. The quantitative estimate of drug-likeness (QED) is 0.571. The van der Waals surface area contributed by atoms with E-state index in [1.807, 2.05) is 0 Å². The molecule has 0 bridgehead atoms. The molecule has 1 fully saturated rings. The molecule has 1 aliphatic rings. The minimum absolute atomic E-state index is 0.0481. The van der Waals surface area contributed by atoms with Gasteiger partial charge in [-0.25, -0.2) is 23.2 Å². The number of methoxy groups -OCH3 is 1. The summed E-state index contributed by atoms with van der Waals surface area (Å²) in [5.41, 5.74) is 0. The summed E-state index contributed by atoms with van der Waals surface area (Å²) in [6, 6.07) is 0.976. The van der Waals surface area contributed by atoms with E-state index in [1.165, 1.54) is 19.5 Å². The number of rotatable bonds is 3. The molecule has 104 valence electrons. The lowest BCUT2D eigenvalue weighted by atomic mass is 10.2. The first kappa shape index (κ1) is 13.7. The smallest absolute Gasteiger partial charge is 0.328 e. The molecule has 0 radical (unpaired) electrons. The van der Waals surface area contributed by atoms with Gasteiger partial charge < -0.3 is 9.64 Å². The molecule has 0 aliphatic carbocycles. The normalized spacial score (nSPS) is 19.5. The van der Waals surface area contributed by atoms with E-state index in [9.17, 15) is 13.2 Å². The highest BCUT2D eigenvalue weighted by molar-refractivity contribution is 7.90. The minimum Gasteiger partial charge on any atom is -0.467 e. The second kappa shape index (κ2) is 5.12. The van der Waals surface area contributed by atoms with Gasteiger partial charge in [-0.2, -0.15) is 0 Å². The maximum absolute atomic E-state index is 11.7. The summed E-state index contributed by atoms with van der Waals surface area (Å²) >= 11 is 0. The van der Waals surface area contributed by atoms with Gasteiger partial charge in [0.15, 0.2) is 14.9 Å². The third kappa shape index (κ3) is 2.83. The van der Waals surface area contributed by atoms with Crippen molar-refractivity contribution in [2.24, 2.45) is 0 Å². The molecule has 19 heavy (non-hydrogen) atoms. The van der Waals surface area contributed by atoms with Gasteiger partial charge in [-0.15, -0.1) is 0 Å². The van der Waals surface area contributed by atoms with Gasteiger partial charge in [-0.05, 0) is 12.8 Å². The van der Waals surface area contributed by atoms with E-state index in [1.54, 1.807) is 4.90 Å². The summed E-state index contributed by atoms with van der Waals surface area (Å²) in [7, 11) is -2.06. The van der Waals surface area contributed by atoms with Crippen LogP contribution in [0.1, 0.15) is 12.8 Å². The van der Waals surface area contributed by atoms with Crippen LogP contribution in [0.25, 0.3) is 0 Å². The summed E-state index contributed by atoms with van der Waals surface area (Å²) in [6.07, 6.45) is 3.78. The SMILES string of the molecule is COC(=O)C1CCCN1c1cc(S(C)(=O)=O)ncn1. The lowest BCUT2D eigenvalue weighted by Gasteiger charge is -2.23. The van der Waals surface area contributed by atoms with Crippen molar-refractivity contribution in [1.29, 1.82) is 0 Å². The van der Waals surface area contributed by atoms with Crippen molar-refractivity contribution in [3.05, 3.63) is 12.4 Å². The predicted molar refractivity (Wildman–Crippen MR) is 67.5 cm³/mol. The largest absolute Gasteiger partial charge is 0.467 e. The summed E-state index contributed by atoms with van der Waals surface area (Å²) < 4.78 is 27.7. The molecule has 1 saturated heterocycles. The average Bonchev–Trinajstić information content (AvgIpc) is 2.86. The fraction of sp³-hybridized carbons (Fsp3) is 0.545. The standard InChI is InChI=1S/C11H15N3O4S/c1-18-11(15)8-4-3-5-14(8)9-6-10(13-7-12-9)19(2,16)17/h6-8H,3-5H2,1-2H3. The van der Waals surface area contributed by atoms with Crippen molar-refractivity contribution < 1.29 is 17.9 Å². The highest BCUT2D eigenvalue weighted by Crippen LogP contribution is 2.25. The summed E-state index contributed by atoms with van der Waals surface area (Å²) in [4.78, 5) is 21.2. The van der Waals surface area contributed by atoms with Gasteiger partial charge in [0, 0.05) is 18.9 Å². The maximum Gasteiger partial charge on any atom is 0.328 e. The Morgan fingerprint density at radius 2 is 2.21 bits per heavy atom. The summed E-state index contributed by atoms with van der Waals surface area (Å²) in [5.74, 6) is 0.0975. The van der Waals surface area contributed by atoms with Gasteiger partial charge >= 0.3 is 5.97 Å². The zero-order valence-corrected chi connectivity index (χ0v) is 11.6. The molecule has 7 nitrogen and oxygen atoms in total. The van der Waals surface area contributed by atoms with E-state index >= 15 is 0 Å². The highest BCUT2D eigenvalue weighted by Gasteiger charge is 2.32. The molecule has 8 heteroatoms. The van der Waals surface area contributed by atoms with Crippen LogP contribution in [-0.4, -0.2) is 50.3 Å². The Kier molecular flexibility index (Phi) is 3.70. The predicted octanol–water partition coefficient (Wildman–Crippen LogP) is 0.0219. The number of carbonyl (C=O) groups excluding carboxylic acids is 1. The molecule has 1 aromatic heterocycles. The first-order chi connectivity index (χ1) is 8.93. The molecule has 0 aromatic carbocycles. The number of anilines is 1. The van der Waals surface area contributed by atoms with E-state index in [0.29, 0.717) is 18.8 Å². The Balaban J connectivity index is 2.34. The number of carbonyl (C=O) groups is 1. The van der Waals surface area contributed by atoms with Crippen molar-refractivity contribution in [3.8, 4) is 0 Å². The topological polar surface area (TPSA) is 89.5 Å². The number of sulfone groups is 1. The lowest BCUT2D eigenvalue weighted by molar-refractivity contribution is -0.141. The van der Waals surface area contributed by atoms with Crippen molar-refractivity contribution in [3.63, 3.8) is 0 Å². The van der Waals surface area contributed by atoms with Crippen LogP contribution in [0.3, 0.4) is 0 Å². The monoisotopic (exact) mass is 285 g/mol. The molecule has 0 N–H and O–H groups in total. The van der Waals surface area contributed by atoms with Crippen LogP contribution in [0.5, 0.6) is 0 Å². The van der Waals surface area contributed by atoms with E-state index in [4.69, 9.17) is 4.74 Å². The van der Waals surface area contributed by atoms with Crippen molar-refractivity contribution in [2.45, 2.75) is 23.9 Å². The number of hydrogen-bond donors (Lipinski definition) is 0. The molecule has 1 unspecified atom stereocenters. The third-order valence-electron chi connectivity index (χ3n) is 3.03. The summed E-state index contributed by atoms with van der Waals surface area (Å²) in [5, 5.41) is -0.0481. The third-order valence-corrected chi connectivity index (χ3v) is 4.01. The molecule has 0 spiro atoms. The van der Waals surface area contributed by atoms with E-state index < -0.39 is 15.9 Å². The Morgan fingerprint density at radius 3 is 2.84 bits per heavy atom. The molecule has 1 aromatic rings. The number of ether oxygens (including phenoxy) is 1. The molecular formula is C11H15N3O4S. The minimum atomic E-state index is -3.39. The van der Waals surface area contributed by atoms with Crippen LogP contribution in [0.15, 0.2) is 17.4 Å². The number of esters is 1. The first-order valence-electron chi connectivity index (χ1n) is 5.80. The molecule has 2 rings (SSSR count). The molecular weight excluding hydrogens is 270 g/mol. The molecule has 1 aliphatic heterocycles. The molecule has 2 heterocycles. The van der Waals surface area contributed by atoms with Crippen LogP contribution in [0.2, 0.25) is 0 Å². The summed E-state index contributed by atoms with van der Waals surface area (Å²) in [6.45, 7) is 0.639. The van der Waals surface area contributed by atoms with Crippen molar-refractivity contribution in [2.75, 3.05) is 24.8 Å². The van der Waals surface area contributed by atoms with Crippen LogP contribution < -0.4 is 4.90 Å². The number of nitrogens with zero attached hydrogens (tertiary/aromatic N) is 3. The van der Waals surface area contributed by atoms with E-state index in [0.717, 1.165) is 12.7 Å². The van der Waals surface area contributed by atoms with Crippen LogP contribution in [-0.2, 0) is 19.4 Å². The van der Waals surface area contributed by atoms with Gasteiger partial charge in [-0.3, -0.25) is 0 Å². The van der Waals surface area contributed by atoms with Gasteiger partial charge in [-0.1, -0.05) is 0 Å². The van der Waals surface area contributed by atoms with Gasteiger partial charge in [0.1, 0.15) is 18.2 Å². The second-order valence-corrected chi connectivity index (χ2v) is 6.32. The Bertz CT molecular complexity index is 587. The highest BCUT2D eigenvalue weighted by atomic mass is 32.2. The van der Waals surface area contributed by atoms with Crippen LogP contribution in [0, 0.1) is 0 Å². The second-order valence-electron chi connectivity index (χ2n) is 4.36. The Morgan fingerprint density at radius 1 is 1.47 bits per heavy atom. The van der Waals surface area contributed by atoms with Crippen molar-refractivity contribution >= 4 is 21.6 Å². The van der Waals surface area contributed by atoms with Crippen molar-refractivity contribution in [1.82, 2.24) is 9.97 Å². The van der Waals surface area contributed by atoms with E-state index in [-0.39, 0.29) is 11.0 Å². The Labute approximate surface area is 111 Å². The van der Waals surface area contributed by atoms with Gasteiger partial charge in [0.25, 0.3) is 0 Å². The van der Waals surface area contributed by atoms with Gasteiger partial charge in [0.05, 0.1) is 7.11 Å². The van der Waals surface area contributed by atoms with Crippen LogP contribution in [0.4, 0.5) is 5.82 Å². The fourth-order valence-corrected chi connectivity index (χ4v) is 2.67. The molecule has 1 atom stereocenters. The molecule has 0 amide bonds. The fourth-order valence-electron chi connectivity index (χ4n) is 2.11. The first-order valence-corrected chi connectivity index (χ1v) is 7.69. The maximum atomic E-state index is 11.7. The average molecular weight is 285 g/mol.